The highest BCUT2D eigenvalue weighted by Crippen LogP contribution is 2.19. The summed E-state index contributed by atoms with van der Waals surface area (Å²) in [5.74, 6) is -1.11. The predicted molar refractivity (Wildman–Crippen MR) is 71.6 cm³/mol. The van der Waals surface area contributed by atoms with Crippen LogP contribution in [0.3, 0.4) is 0 Å². The number of carbonyl (C=O) groups is 1. The second-order valence-corrected chi connectivity index (χ2v) is 5.57. The zero-order valence-electron chi connectivity index (χ0n) is 9.67. The van der Waals surface area contributed by atoms with Crippen molar-refractivity contribution >= 4 is 28.8 Å². The van der Waals surface area contributed by atoms with Crippen LogP contribution in [-0.2, 0) is 6.54 Å². The molecule has 1 N–H and O–H groups in total. The molecule has 1 heterocycles. The van der Waals surface area contributed by atoms with E-state index in [0.717, 1.165) is 4.88 Å². The SMILES string of the molecule is Cc1ccc(CNC(=O)c2c(F)cccc2Cl)s1. The number of carbonyl (C=O) groups excluding carboxylic acids is 1. The fraction of sp³-hybridized carbons (Fsp3) is 0.154. The van der Waals surface area contributed by atoms with Crippen LogP contribution < -0.4 is 5.32 Å². The summed E-state index contributed by atoms with van der Waals surface area (Å²) < 4.78 is 13.5. The molecule has 0 radical (unpaired) electrons. The van der Waals surface area contributed by atoms with E-state index in [-0.39, 0.29) is 10.6 Å². The van der Waals surface area contributed by atoms with Crippen molar-refractivity contribution in [2.24, 2.45) is 0 Å². The Morgan fingerprint density at radius 3 is 2.78 bits per heavy atom. The predicted octanol–water partition coefficient (Wildman–Crippen LogP) is 3.78. The zero-order valence-corrected chi connectivity index (χ0v) is 11.2. The smallest absolute Gasteiger partial charge is 0.256 e. The topological polar surface area (TPSA) is 29.1 Å². The van der Waals surface area contributed by atoms with E-state index in [1.54, 1.807) is 11.3 Å². The number of halogens is 2. The van der Waals surface area contributed by atoms with Gasteiger partial charge in [0.15, 0.2) is 0 Å². The van der Waals surface area contributed by atoms with Gasteiger partial charge in [0.05, 0.1) is 17.1 Å². The number of benzene rings is 1. The minimum atomic E-state index is -0.609. The van der Waals surface area contributed by atoms with E-state index in [9.17, 15) is 9.18 Å². The Morgan fingerprint density at radius 1 is 1.39 bits per heavy atom. The monoisotopic (exact) mass is 283 g/mol. The van der Waals surface area contributed by atoms with Crippen molar-refractivity contribution in [3.8, 4) is 0 Å². The second kappa shape index (κ2) is 5.50. The third-order valence-corrected chi connectivity index (χ3v) is 3.72. The molecule has 18 heavy (non-hydrogen) atoms. The summed E-state index contributed by atoms with van der Waals surface area (Å²) >= 11 is 7.40. The molecule has 2 nitrogen and oxygen atoms in total. The molecule has 1 aromatic carbocycles. The number of thiophene rings is 1. The first-order valence-corrected chi connectivity index (χ1v) is 6.55. The van der Waals surface area contributed by atoms with Gasteiger partial charge in [0, 0.05) is 9.75 Å². The number of nitrogens with one attached hydrogen (secondary N) is 1. The van der Waals surface area contributed by atoms with Gasteiger partial charge in [-0.05, 0) is 31.2 Å². The molecule has 2 aromatic rings. The molecule has 0 spiro atoms. The van der Waals surface area contributed by atoms with E-state index >= 15 is 0 Å². The molecule has 94 valence electrons. The van der Waals surface area contributed by atoms with Gasteiger partial charge < -0.3 is 5.32 Å². The van der Waals surface area contributed by atoms with Gasteiger partial charge in [-0.1, -0.05) is 17.7 Å². The number of rotatable bonds is 3. The van der Waals surface area contributed by atoms with Gasteiger partial charge in [0.2, 0.25) is 0 Å². The Balaban J connectivity index is 2.08. The third-order valence-electron chi connectivity index (χ3n) is 2.41. The van der Waals surface area contributed by atoms with Crippen LogP contribution in [0.25, 0.3) is 0 Å². The van der Waals surface area contributed by atoms with E-state index in [2.05, 4.69) is 5.32 Å². The van der Waals surface area contributed by atoms with Crippen molar-refractivity contribution in [1.82, 2.24) is 5.32 Å². The van der Waals surface area contributed by atoms with Gasteiger partial charge in [-0.25, -0.2) is 4.39 Å². The lowest BCUT2D eigenvalue weighted by atomic mass is 10.2. The molecule has 0 saturated carbocycles. The van der Waals surface area contributed by atoms with E-state index in [1.165, 1.54) is 23.1 Å². The quantitative estimate of drug-likeness (QED) is 0.912. The first-order valence-electron chi connectivity index (χ1n) is 5.35. The highest BCUT2D eigenvalue weighted by molar-refractivity contribution is 7.11. The summed E-state index contributed by atoms with van der Waals surface area (Å²) in [6.07, 6.45) is 0. The van der Waals surface area contributed by atoms with Crippen LogP contribution in [0.2, 0.25) is 5.02 Å². The lowest BCUT2D eigenvalue weighted by molar-refractivity contribution is 0.0947. The summed E-state index contributed by atoms with van der Waals surface area (Å²) in [5.41, 5.74) is -0.104. The van der Waals surface area contributed by atoms with Crippen molar-refractivity contribution < 1.29 is 9.18 Å². The first kappa shape index (κ1) is 13.1. The molecule has 0 aliphatic rings. The van der Waals surface area contributed by atoms with Crippen LogP contribution in [0.4, 0.5) is 4.39 Å². The van der Waals surface area contributed by atoms with Crippen LogP contribution in [-0.4, -0.2) is 5.91 Å². The van der Waals surface area contributed by atoms with Gasteiger partial charge in [-0.2, -0.15) is 0 Å². The van der Waals surface area contributed by atoms with Crippen molar-refractivity contribution in [3.63, 3.8) is 0 Å². The molecule has 0 saturated heterocycles. The van der Waals surface area contributed by atoms with Crippen molar-refractivity contribution in [2.45, 2.75) is 13.5 Å². The highest BCUT2D eigenvalue weighted by atomic mass is 35.5. The van der Waals surface area contributed by atoms with Crippen molar-refractivity contribution in [2.75, 3.05) is 0 Å². The Bertz CT molecular complexity index is 562. The molecule has 0 aliphatic carbocycles. The van der Waals surface area contributed by atoms with Crippen molar-refractivity contribution in [1.29, 1.82) is 0 Å². The number of aryl methyl sites for hydroxylation is 1. The molecular formula is C13H11ClFNOS. The molecule has 2 rings (SSSR count). The summed E-state index contributed by atoms with van der Waals surface area (Å²) in [6, 6.07) is 8.09. The van der Waals surface area contributed by atoms with Crippen LogP contribution in [0.1, 0.15) is 20.1 Å². The molecule has 1 aromatic heterocycles. The average Bonchev–Trinajstić information content (AvgIpc) is 2.72. The Morgan fingerprint density at radius 2 is 2.17 bits per heavy atom. The van der Waals surface area contributed by atoms with Crippen LogP contribution in [0, 0.1) is 12.7 Å². The van der Waals surface area contributed by atoms with Crippen LogP contribution in [0.15, 0.2) is 30.3 Å². The van der Waals surface area contributed by atoms with E-state index in [1.807, 2.05) is 19.1 Å². The van der Waals surface area contributed by atoms with Crippen LogP contribution >= 0.6 is 22.9 Å². The van der Waals surface area contributed by atoms with Gasteiger partial charge in [0.1, 0.15) is 5.82 Å². The molecule has 0 aliphatic heterocycles. The fourth-order valence-electron chi connectivity index (χ4n) is 1.55. The van der Waals surface area contributed by atoms with Gasteiger partial charge in [-0.3, -0.25) is 4.79 Å². The summed E-state index contributed by atoms with van der Waals surface area (Å²) in [7, 11) is 0. The minimum Gasteiger partial charge on any atom is -0.347 e. The standard InChI is InChI=1S/C13H11ClFNOS/c1-8-5-6-9(18-8)7-16-13(17)12-10(14)3-2-4-11(12)15/h2-6H,7H2,1H3,(H,16,17). The molecular weight excluding hydrogens is 273 g/mol. The summed E-state index contributed by atoms with van der Waals surface area (Å²) in [6.45, 7) is 2.37. The van der Waals surface area contributed by atoms with E-state index < -0.39 is 11.7 Å². The van der Waals surface area contributed by atoms with Gasteiger partial charge in [-0.15, -0.1) is 11.3 Å². The average molecular weight is 284 g/mol. The second-order valence-electron chi connectivity index (χ2n) is 3.79. The normalized spacial score (nSPS) is 10.4. The maximum atomic E-state index is 13.5. The fourth-order valence-corrected chi connectivity index (χ4v) is 2.63. The molecule has 0 fully saturated rings. The lowest BCUT2D eigenvalue weighted by Crippen LogP contribution is -2.23. The number of hydrogen-bond donors (Lipinski definition) is 1. The zero-order chi connectivity index (χ0) is 13.1. The first-order chi connectivity index (χ1) is 8.58. The molecule has 5 heteroatoms. The Hall–Kier alpha value is -1.39. The highest BCUT2D eigenvalue weighted by Gasteiger charge is 2.15. The Kier molecular flexibility index (Phi) is 3.99. The number of amides is 1. The largest absolute Gasteiger partial charge is 0.347 e. The summed E-state index contributed by atoms with van der Waals surface area (Å²) in [5, 5.41) is 2.78. The van der Waals surface area contributed by atoms with Crippen LogP contribution in [0.5, 0.6) is 0 Å². The van der Waals surface area contributed by atoms with E-state index in [4.69, 9.17) is 11.6 Å². The van der Waals surface area contributed by atoms with Crippen molar-refractivity contribution in [3.05, 3.63) is 56.5 Å². The Labute approximate surface area is 113 Å². The van der Waals surface area contributed by atoms with E-state index in [0.29, 0.717) is 6.54 Å². The maximum Gasteiger partial charge on any atom is 0.256 e. The molecule has 0 atom stereocenters. The van der Waals surface area contributed by atoms with Gasteiger partial charge >= 0.3 is 0 Å². The molecule has 0 unspecified atom stereocenters. The lowest BCUT2D eigenvalue weighted by Gasteiger charge is -2.06. The maximum absolute atomic E-state index is 13.5. The third kappa shape index (κ3) is 2.89. The molecule has 0 bridgehead atoms. The van der Waals surface area contributed by atoms with Gasteiger partial charge in [0.25, 0.3) is 5.91 Å². The number of hydrogen-bond acceptors (Lipinski definition) is 2. The summed E-state index contributed by atoms with van der Waals surface area (Å²) in [4.78, 5) is 14.0. The molecule has 1 amide bonds. The minimum absolute atomic E-state index is 0.104.